The first-order valence-corrected chi connectivity index (χ1v) is 12.6. The van der Waals surface area contributed by atoms with Crippen LogP contribution < -0.4 is 20.9 Å². The molecule has 186 valence electrons. The lowest BCUT2D eigenvalue weighted by Crippen LogP contribution is -2.50. The van der Waals surface area contributed by atoms with Crippen LogP contribution in [-0.2, 0) is 9.59 Å². The van der Waals surface area contributed by atoms with Crippen molar-refractivity contribution in [2.75, 3.05) is 10.0 Å². The predicted molar refractivity (Wildman–Crippen MR) is 156 cm³/mol. The quantitative estimate of drug-likeness (QED) is 0.254. The van der Waals surface area contributed by atoms with Crippen LogP contribution in [0, 0.1) is 0 Å². The minimum absolute atomic E-state index is 0.406. The monoisotopic (exact) mass is 526 g/mol. The van der Waals surface area contributed by atoms with E-state index in [0.717, 1.165) is 24.0 Å². The molecule has 3 aromatic rings. The maximum Gasteiger partial charge on any atom is 0.248 e. The molecule has 0 radical (unpaired) electrons. The molecule has 0 unspecified atom stereocenters. The van der Waals surface area contributed by atoms with Gasteiger partial charge in [-0.2, -0.15) is 0 Å². The van der Waals surface area contributed by atoms with Gasteiger partial charge in [-0.3, -0.25) is 20.4 Å². The lowest BCUT2D eigenvalue weighted by atomic mass is 10.1. The molecule has 6 nitrogen and oxygen atoms in total. The van der Waals surface area contributed by atoms with Crippen molar-refractivity contribution in [3.8, 4) is 0 Å². The van der Waals surface area contributed by atoms with Crippen LogP contribution in [0.1, 0.15) is 24.8 Å². The van der Waals surface area contributed by atoms with Gasteiger partial charge in [0, 0.05) is 11.1 Å². The molecule has 0 saturated carbocycles. The number of thiocarbonyl (C=S) groups is 2. The molecular formula is C29H26N4O2S2. The molecule has 8 heteroatoms. The molecule has 0 spiro atoms. The number of anilines is 2. The van der Waals surface area contributed by atoms with E-state index in [9.17, 15) is 9.59 Å². The van der Waals surface area contributed by atoms with Gasteiger partial charge in [0.25, 0.3) is 0 Å². The van der Waals surface area contributed by atoms with Crippen molar-refractivity contribution in [2.45, 2.75) is 19.3 Å². The van der Waals surface area contributed by atoms with Crippen molar-refractivity contribution < 1.29 is 9.59 Å². The summed E-state index contributed by atoms with van der Waals surface area (Å²) in [5, 5.41) is 3.05. The first-order valence-electron chi connectivity index (χ1n) is 11.8. The van der Waals surface area contributed by atoms with Crippen LogP contribution in [0.5, 0.6) is 0 Å². The third-order valence-electron chi connectivity index (χ3n) is 5.49. The number of para-hydroxylation sites is 2. The number of hydrazine groups is 2. The van der Waals surface area contributed by atoms with Crippen LogP contribution in [0.2, 0.25) is 0 Å². The van der Waals surface area contributed by atoms with Gasteiger partial charge in [-0.25, -0.2) is 10.0 Å². The molecule has 2 N–H and O–H groups in total. The Morgan fingerprint density at radius 2 is 1.16 bits per heavy atom. The van der Waals surface area contributed by atoms with Crippen LogP contribution in [0.15, 0.2) is 115 Å². The Balaban J connectivity index is 1.48. The van der Waals surface area contributed by atoms with Crippen molar-refractivity contribution in [1.82, 2.24) is 10.9 Å². The number of hydrogen-bond donors (Lipinski definition) is 2. The van der Waals surface area contributed by atoms with Gasteiger partial charge in [0.05, 0.1) is 11.4 Å². The summed E-state index contributed by atoms with van der Waals surface area (Å²) in [7, 11) is 0. The molecule has 0 saturated heterocycles. The molecule has 4 rings (SSSR count). The second-order valence-corrected chi connectivity index (χ2v) is 8.98. The summed E-state index contributed by atoms with van der Waals surface area (Å²) >= 11 is 11.4. The standard InChI is InChI=1S/C29H26N4O2S2/c34-26(30-32(24-17-9-3-10-18-24)28(36)22-13-5-1-6-14-22)21-27(35)31-33(25-19-11-4-12-20-25)29(37)23-15-7-2-8-16-23/h1,3-7,9-20H,2,8,21H2,(H,30,34)(H,31,35). The van der Waals surface area contributed by atoms with Gasteiger partial charge < -0.3 is 0 Å². The summed E-state index contributed by atoms with van der Waals surface area (Å²) in [5.41, 5.74) is 8.56. The average Bonchev–Trinajstić information content (AvgIpc) is 2.96. The van der Waals surface area contributed by atoms with E-state index in [1.165, 1.54) is 10.0 Å². The highest BCUT2D eigenvalue weighted by molar-refractivity contribution is 7.81. The first kappa shape index (κ1) is 25.9. The van der Waals surface area contributed by atoms with E-state index in [-0.39, 0.29) is 0 Å². The molecule has 0 aliphatic heterocycles. The second kappa shape index (κ2) is 12.7. The van der Waals surface area contributed by atoms with E-state index in [1.54, 1.807) is 0 Å². The summed E-state index contributed by atoms with van der Waals surface area (Å²) in [6, 6.07) is 27.9. The van der Waals surface area contributed by atoms with Crippen LogP contribution in [0.3, 0.4) is 0 Å². The fourth-order valence-corrected chi connectivity index (χ4v) is 4.29. The van der Waals surface area contributed by atoms with Crippen LogP contribution in [0.4, 0.5) is 11.4 Å². The van der Waals surface area contributed by atoms with E-state index in [0.29, 0.717) is 21.4 Å². The average molecular weight is 527 g/mol. The van der Waals surface area contributed by atoms with Crippen molar-refractivity contribution in [1.29, 1.82) is 0 Å². The Bertz CT molecular complexity index is 1330. The summed E-state index contributed by atoms with van der Waals surface area (Å²) < 4.78 is 0. The van der Waals surface area contributed by atoms with Crippen molar-refractivity contribution >= 4 is 57.6 Å². The van der Waals surface area contributed by atoms with Gasteiger partial charge >= 0.3 is 0 Å². The predicted octanol–water partition coefficient (Wildman–Crippen LogP) is 5.43. The Morgan fingerprint density at radius 3 is 1.65 bits per heavy atom. The Morgan fingerprint density at radius 1 is 0.676 bits per heavy atom. The van der Waals surface area contributed by atoms with E-state index in [4.69, 9.17) is 24.4 Å². The smallest absolute Gasteiger partial charge is 0.248 e. The molecule has 1 aliphatic carbocycles. The lowest BCUT2D eigenvalue weighted by molar-refractivity contribution is -0.129. The minimum atomic E-state index is -0.518. The number of allylic oxidation sites excluding steroid dienone is 2. The molecule has 0 atom stereocenters. The highest BCUT2D eigenvalue weighted by Crippen LogP contribution is 2.20. The number of amides is 2. The van der Waals surface area contributed by atoms with E-state index in [2.05, 4.69) is 10.9 Å². The zero-order valence-corrected chi connectivity index (χ0v) is 21.7. The molecule has 3 aromatic carbocycles. The maximum absolute atomic E-state index is 13.0. The van der Waals surface area contributed by atoms with E-state index >= 15 is 0 Å². The normalized spacial score (nSPS) is 12.2. The topological polar surface area (TPSA) is 64.7 Å². The van der Waals surface area contributed by atoms with E-state index < -0.39 is 18.2 Å². The molecule has 2 amide bonds. The van der Waals surface area contributed by atoms with Crippen molar-refractivity contribution in [3.63, 3.8) is 0 Å². The largest absolute Gasteiger partial charge is 0.273 e. The number of carbonyl (C=O) groups is 2. The third-order valence-corrected chi connectivity index (χ3v) is 6.33. The number of rotatable bonds is 6. The summed E-state index contributed by atoms with van der Waals surface area (Å²) in [4.78, 5) is 26.9. The Hall–Kier alpha value is -4.14. The second-order valence-electron chi connectivity index (χ2n) is 8.20. The van der Waals surface area contributed by atoms with Crippen LogP contribution in [-0.4, -0.2) is 21.8 Å². The third kappa shape index (κ3) is 6.97. The van der Waals surface area contributed by atoms with Gasteiger partial charge in [0.2, 0.25) is 11.8 Å². The maximum atomic E-state index is 13.0. The van der Waals surface area contributed by atoms with Gasteiger partial charge in [-0.05, 0) is 37.1 Å². The fraction of sp³-hybridized carbons (Fsp3) is 0.103. The van der Waals surface area contributed by atoms with Gasteiger partial charge in [-0.1, -0.05) is 109 Å². The molecule has 0 aromatic heterocycles. The van der Waals surface area contributed by atoms with Gasteiger partial charge in [0.15, 0.2) is 0 Å². The molecule has 0 bridgehead atoms. The number of nitrogens with zero attached hydrogens (tertiary/aromatic N) is 2. The van der Waals surface area contributed by atoms with Crippen LogP contribution in [0.25, 0.3) is 0 Å². The SMILES string of the molecule is O=C(CC(=O)NN(C(=S)c1ccccc1)c1ccccc1)NN(C(=S)C1=CCCC=C1)c1ccccc1. The first-order chi connectivity index (χ1) is 18.0. The van der Waals surface area contributed by atoms with Crippen molar-refractivity contribution in [2.24, 2.45) is 0 Å². The van der Waals surface area contributed by atoms with E-state index in [1.807, 2.05) is 109 Å². The van der Waals surface area contributed by atoms with Gasteiger partial charge in [0.1, 0.15) is 16.4 Å². The Kier molecular flexibility index (Phi) is 8.91. The number of nitrogens with one attached hydrogen (secondary N) is 2. The highest BCUT2D eigenvalue weighted by atomic mass is 32.1. The highest BCUT2D eigenvalue weighted by Gasteiger charge is 2.22. The van der Waals surface area contributed by atoms with Crippen molar-refractivity contribution in [3.05, 3.63) is 120 Å². The molecular weight excluding hydrogens is 500 g/mol. The van der Waals surface area contributed by atoms with Gasteiger partial charge in [-0.15, -0.1) is 0 Å². The number of hydrogen-bond acceptors (Lipinski definition) is 4. The minimum Gasteiger partial charge on any atom is -0.273 e. The summed E-state index contributed by atoms with van der Waals surface area (Å²) in [6.07, 6.45) is 7.44. The number of benzene rings is 3. The molecule has 0 heterocycles. The lowest BCUT2D eigenvalue weighted by Gasteiger charge is -2.28. The summed E-state index contributed by atoms with van der Waals surface area (Å²) in [6.45, 7) is 0. The Labute approximate surface area is 227 Å². The zero-order valence-electron chi connectivity index (χ0n) is 20.0. The molecule has 1 aliphatic rings. The van der Waals surface area contributed by atoms with Crippen LogP contribution >= 0.6 is 24.4 Å². The number of carbonyl (C=O) groups excluding carboxylic acids is 2. The summed E-state index contributed by atoms with van der Waals surface area (Å²) in [5.74, 6) is -1.03. The molecule has 37 heavy (non-hydrogen) atoms. The molecule has 0 fully saturated rings. The zero-order chi connectivity index (χ0) is 26.0. The fourth-order valence-electron chi connectivity index (χ4n) is 3.70.